The van der Waals surface area contributed by atoms with Crippen LogP contribution in [0.4, 0.5) is 0 Å². The number of carbonyl (C=O) groups excluding carboxylic acids is 2. The van der Waals surface area contributed by atoms with Crippen molar-refractivity contribution in [3.8, 4) is 23.0 Å². The van der Waals surface area contributed by atoms with Gasteiger partial charge in [-0.15, -0.1) is 47.0 Å². The quantitative estimate of drug-likeness (QED) is 0.0324. The van der Waals surface area contributed by atoms with E-state index in [1.54, 1.807) is 66.9 Å². The first-order valence-electron chi connectivity index (χ1n) is 29.6. The summed E-state index contributed by atoms with van der Waals surface area (Å²) < 4.78 is 24.5. The number of rotatable bonds is 23. The highest BCUT2D eigenvalue weighted by atomic mass is 32.2. The van der Waals surface area contributed by atoms with Crippen LogP contribution in [-0.2, 0) is 28.7 Å². The van der Waals surface area contributed by atoms with E-state index in [1.165, 1.54) is 35.3 Å². The van der Waals surface area contributed by atoms with Crippen molar-refractivity contribution in [1.82, 2.24) is 19.9 Å². The average Bonchev–Trinajstić information content (AvgIpc) is 1.74. The minimum Gasteiger partial charge on any atom is -0.508 e. The van der Waals surface area contributed by atoms with Crippen molar-refractivity contribution in [1.29, 1.82) is 0 Å². The zero-order valence-corrected chi connectivity index (χ0v) is 52.7. The largest absolute Gasteiger partial charge is 0.508 e. The van der Waals surface area contributed by atoms with Gasteiger partial charge in [0.05, 0.1) is 55.1 Å². The van der Waals surface area contributed by atoms with E-state index in [0.717, 1.165) is 115 Å². The van der Waals surface area contributed by atoms with Gasteiger partial charge in [-0.1, -0.05) is 0 Å². The Hall–Kier alpha value is -7.12. The van der Waals surface area contributed by atoms with E-state index < -0.39 is 30.9 Å². The second-order valence-electron chi connectivity index (χ2n) is 21.5. The number of carboxylic acids is 2. The Labute approximate surface area is 532 Å². The summed E-state index contributed by atoms with van der Waals surface area (Å²) in [6.07, 6.45) is 17.0. The number of fused-ring (bicyclic) bond motifs is 4. The molecule has 4 aliphatic carbocycles. The number of esters is 2. The van der Waals surface area contributed by atoms with Gasteiger partial charge in [0.15, 0.2) is 0 Å². The second kappa shape index (κ2) is 30.6. The maximum absolute atomic E-state index is 12.4. The van der Waals surface area contributed by atoms with Crippen LogP contribution in [0.15, 0.2) is 141 Å². The van der Waals surface area contributed by atoms with Crippen molar-refractivity contribution in [3.63, 3.8) is 0 Å². The molecular weight excluding hydrogens is 1220 g/mol. The molecular formula is C66H72N4O15S4. The van der Waals surface area contributed by atoms with Crippen LogP contribution in [-0.4, -0.2) is 146 Å². The van der Waals surface area contributed by atoms with Crippen molar-refractivity contribution >= 4 is 115 Å². The number of phenols is 1. The topological polar surface area (TPSA) is 287 Å². The first kappa shape index (κ1) is 66.3. The van der Waals surface area contributed by atoms with E-state index in [4.69, 9.17) is 39.0 Å². The maximum atomic E-state index is 12.4. The number of ether oxygens (including phenoxy) is 5. The van der Waals surface area contributed by atoms with E-state index in [2.05, 4.69) is 19.9 Å². The number of hydrogen-bond donors (Lipinski definition) is 6. The molecule has 0 unspecified atom stereocenters. The highest BCUT2D eigenvalue weighted by molar-refractivity contribution is 8.02. The van der Waals surface area contributed by atoms with Crippen molar-refractivity contribution in [2.45, 2.75) is 129 Å². The Balaban J connectivity index is 0.000000141. The predicted octanol–water partition coefficient (Wildman–Crippen LogP) is 12.1. The van der Waals surface area contributed by atoms with Crippen LogP contribution in [0.5, 0.6) is 23.0 Å². The van der Waals surface area contributed by atoms with Gasteiger partial charge in [-0.3, -0.25) is 39.1 Å². The molecule has 19 nitrogen and oxygen atoms in total. The van der Waals surface area contributed by atoms with E-state index in [0.29, 0.717) is 56.1 Å². The van der Waals surface area contributed by atoms with Crippen LogP contribution in [0.25, 0.3) is 43.6 Å². The summed E-state index contributed by atoms with van der Waals surface area (Å²) in [6.45, 7) is 5.05. The first-order chi connectivity index (χ1) is 43.1. The van der Waals surface area contributed by atoms with Crippen LogP contribution in [0.1, 0.15) is 90.9 Å². The smallest absolute Gasteiger partial charge is 0.322 e. The number of thioether (sulfide) groups is 4. The molecule has 0 amide bonds. The maximum Gasteiger partial charge on any atom is 0.322 e. The van der Waals surface area contributed by atoms with E-state index >= 15 is 0 Å². The van der Waals surface area contributed by atoms with Crippen LogP contribution in [0.3, 0.4) is 0 Å². The molecule has 23 heteroatoms. The Morgan fingerprint density at radius 2 is 0.697 bits per heavy atom. The fourth-order valence-electron chi connectivity index (χ4n) is 10.3. The van der Waals surface area contributed by atoms with Gasteiger partial charge in [0.25, 0.3) is 0 Å². The molecule has 4 saturated carbocycles. The standard InChI is InChI=1S/C18H21NO4S.2C16H17NO4S.C16H17NO3S/c1-2-22-17(21)18(7-3-8-18)24-16-6-9-19-15-5-4-13(12-14(15)16)23-11-10-20;2*18-8-9-21-11-2-3-13-12(10-11)14(4-7-17-13)22-16(15(19)20)5-1-6-16;1-2-20-15(19)16(7-3-8-16)21-14-6-9-17-13-5-4-11(18)10-12(13)14/h4-6,9,12,20H,2-3,7-8,10-11H2,1H3;2*2-4,7,10,18H,1,5-6,8-9H2,(H,19,20);4-6,9-10,18H,2-3,7-8H2,1H3. The molecule has 0 radical (unpaired) electrons. The number of nitrogens with zero attached hydrogens (tertiary/aromatic N) is 4. The van der Waals surface area contributed by atoms with E-state index in [-0.39, 0.29) is 57.3 Å². The summed E-state index contributed by atoms with van der Waals surface area (Å²) in [4.78, 5) is 68.8. The van der Waals surface area contributed by atoms with Crippen LogP contribution in [0, 0.1) is 0 Å². The molecule has 0 spiro atoms. The van der Waals surface area contributed by atoms with Gasteiger partial charge >= 0.3 is 23.9 Å². The zero-order chi connectivity index (χ0) is 63.0. The monoisotopic (exact) mass is 1290 g/mol. The SMILES string of the molecule is CCOC(=O)C1(Sc2ccnc3ccc(O)cc23)CCC1.CCOC(=O)C1(Sc2ccnc3ccc(OCCO)cc23)CCC1.O=C(O)C1(Sc2ccnc3ccc(OCCO)cc23)CCC1.O=C(O)C1(Sc2ccnc3ccc(OCCO)cc23)CCC1. The summed E-state index contributed by atoms with van der Waals surface area (Å²) in [5, 5.41) is 58.9. The van der Waals surface area contributed by atoms with Gasteiger partial charge in [0.2, 0.25) is 0 Å². The van der Waals surface area contributed by atoms with Crippen molar-refractivity contribution in [3.05, 3.63) is 122 Å². The molecule has 4 aromatic heterocycles. The number of aliphatic hydroxyl groups is 3. The number of phenolic OH excluding ortho intramolecular Hbond substituents is 1. The van der Waals surface area contributed by atoms with Gasteiger partial charge in [0, 0.05) is 65.9 Å². The second-order valence-corrected chi connectivity index (χ2v) is 27.2. The van der Waals surface area contributed by atoms with Crippen LogP contribution < -0.4 is 14.2 Å². The Morgan fingerprint density at radius 3 is 0.955 bits per heavy atom. The number of aromatic hydroxyl groups is 1. The number of aliphatic hydroxyl groups excluding tert-OH is 3. The molecule has 4 fully saturated rings. The van der Waals surface area contributed by atoms with Gasteiger partial charge in [-0.2, -0.15) is 0 Å². The third-order valence-electron chi connectivity index (χ3n) is 15.7. The number of pyridine rings is 4. The molecule has 6 N–H and O–H groups in total. The molecule has 470 valence electrons. The Kier molecular flexibility index (Phi) is 22.8. The van der Waals surface area contributed by atoms with Crippen LogP contribution >= 0.6 is 47.0 Å². The molecule has 4 aliphatic rings. The number of benzene rings is 4. The molecule has 8 aromatic rings. The Bertz CT molecular complexity index is 3660. The zero-order valence-electron chi connectivity index (χ0n) is 49.5. The van der Waals surface area contributed by atoms with Gasteiger partial charge in [-0.25, -0.2) is 0 Å². The van der Waals surface area contributed by atoms with Gasteiger partial charge in [0.1, 0.15) is 61.8 Å². The highest BCUT2D eigenvalue weighted by Gasteiger charge is 2.49. The number of aliphatic carboxylic acids is 2. The average molecular weight is 1290 g/mol. The third-order valence-corrected chi connectivity index (χ3v) is 21.9. The molecule has 0 aliphatic heterocycles. The molecule has 0 bridgehead atoms. The summed E-state index contributed by atoms with van der Waals surface area (Å²) in [6, 6.07) is 29.3. The summed E-state index contributed by atoms with van der Waals surface area (Å²) in [7, 11) is 0. The number of carbonyl (C=O) groups is 4. The van der Waals surface area contributed by atoms with Crippen molar-refractivity contribution in [2.24, 2.45) is 0 Å². The summed E-state index contributed by atoms with van der Waals surface area (Å²) in [5.41, 5.74) is 3.29. The van der Waals surface area contributed by atoms with Gasteiger partial charge in [-0.05, 0) is 188 Å². The molecule has 12 rings (SSSR count). The molecule has 0 saturated heterocycles. The lowest BCUT2D eigenvalue weighted by Gasteiger charge is -2.38. The van der Waals surface area contributed by atoms with Gasteiger partial charge < -0.3 is 54.3 Å². The predicted molar refractivity (Wildman–Crippen MR) is 345 cm³/mol. The van der Waals surface area contributed by atoms with Crippen LogP contribution in [0.2, 0.25) is 0 Å². The molecule has 4 heterocycles. The number of carboxylic acid groups (broad SMARTS) is 2. The lowest BCUT2D eigenvalue weighted by molar-refractivity contribution is -0.149. The Morgan fingerprint density at radius 1 is 0.416 bits per heavy atom. The fraction of sp³-hybridized carbons (Fsp3) is 0.394. The lowest BCUT2D eigenvalue weighted by atomic mass is 9.84. The minimum absolute atomic E-state index is 0.0291. The minimum atomic E-state index is -0.749. The highest BCUT2D eigenvalue weighted by Crippen LogP contribution is 2.53. The molecule has 89 heavy (non-hydrogen) atoms. The normalized spacial score (nSPS) is 16.1. The van der Waals surface area contributed by atoms with E-state index in [9.17, 15) is 34.5 Å². The van der Waals surface area contributed by atoms with Crippen molar-refractivity contribution in [2.75, 3.05) is 52.9 Å². The summed E-state index contributed by atoms with van der Waals surface area (Å²) in [5.74, 6) is 0.429. The molecule has 0 atom stereocenters. The summed E-state index contributed by atoms with van der Waals surface area (Å²) >= 11 is 5.91. The first-order valence-corrected chi connectivity index (χ1v) is 32.9. The fourth-order valence-corrected chi connectivity index (χ4v) is 16.0. The lowest BCUT2D eigenvalue weighted by Crippen LogP contribution is -2.43. The van der Waals surface area contributed by atoms with Crippen molar-refractivity contribution < 1.29 is 73.5 Å². The van der Waals surface area contributed by atoms with E-state index in [1.807, 2.05) is 80.6 Å². The third kappa shape index (κ3) is 15.7. The molecule has 4 aromatic carbocycles. The number of hydrogen-bond acceptors (Lipinski definition) is 21. The number of aromatic nitrogens is 4.